The summed E-state index contributed by atoms with van der Waals surface area (Å²) in [5.41, 5.74) is 4.87. The average molecular weight is 394 g/mol. The molecule has 8 nitrogen and oxygen atoms in total. The highest BCUT2D eigenvalue weighted by molar-refractivity contribution is 5.94. The second kappa shape index (κ2) is 8.92. The van der Waals surface area contributed by atoms with Gasteiger partial charge in [-0.05, 0) is 67.9 Å². The molecule has 1 heterocycles. The minimum Gasteiger partial charge on any atom is -0.504 e. The number of carbonyl (C=O) groups is 1. The van der Waals surface area contributed by atoms with Crippen LogP contribution < -0.4 is 14.9 Å². The minimum atomic E-state index is -0.425. The molecule has 0 bridgehead atoms. The van der Waals surface area contributed by atoms with Crippen molar-refractivity contribution in [3.8, 4) is 28.5 Å². The molecule has 0 saturated carbocycles. The maximum Gasteiger partial charge on any atom is 0.289 e. The third kappa shape index (κ3) is 5.13. The highest BCUT2D eigenvalue weighted by atomic mass is 16.5. The number of hydrazone groups is 1. The van der Waals surface area contributed by atoms with Gasteiger partial charge in [0.15, 0.2) is 11.5 Å². The molecule has 0 aliphatic carbocycles. The van der Waals surface area contributed by atoms with Gasteiger partial charge in [-0.25, -0.2) is 5.43 Å². The van der Waals surface area contributed by atoms with Gasteiger partial charge in [0.05, 0.1) is 25.1 Å². The fraction of sp³-hybridized carbons (Fsp3) is 0.190. The monoisotopic (exact) mass is 394 g/mol. The maximum absolute atomic E-state index is 12.3. The molecule has 2 aromatic carbocycles. The lowest BCUT2D eigenvalue weighted by Crippen LogP contribution is -2.18. The lowest BCUT2D eigenvalue weighted by molar-refractivity contribution is 0.0950. The Hall–Kier alpha value is -3.81. The quantitative estimate of drug-likeness (QED) is 0.421. The van der Waals surface area contributed by atoms with E-state index in [0.29, 0.717) is 17.0 Å². The van der Waals surface area contributed by atoms with Crippen LogP contribution in [-0.4, -0.2) is 40.6 Å². The molecule has 1 amide bonds. The molecule has 1 aromatic heterocycles. The van der Waals surface area contributed by atoms with Crippen molar-refractivity contribution in [2.24, 2.45) is 5.10 Å². The predicted molar refractivity (Wildman–Crippen MR) is 110 cm³/mol. The fourth-order valence-electron chi connectivity index (χ4n) is 2.56. The summed E-state index contributed by atoms with van der Waals surface area (Å²) in [6.45, 7) is 3.93. The van der Waals surface area contributed by atoms with Crippen LogP contribution in [0.5, 0.6) is 17.2 Å². The molecule has 0 fully saturated rings. The van der Waals surface area contributed by atoms with Gasteiger partial charge >= 0.3 is 0 Å². The van der Waals surface area contributed by atoms with Gasteiger partial charge in [-0.1, -0.05) is 0 Å². The number of phenolic OH excluding ortho intramolecular Hbond substituents is 1. The standard InChI is InChI=1S/C21H22N4O4/c1-13(2)29-16-7-5-15(6-8-16)17-11-18(24-23-17)21(27)25-22-12-14-4-9-19(26)20(10-14)28-3/h4-13,26H,1-3H3,(H,23,24)(H,25,27)/b22-12-. The molecule has 29 heavy (non-hydrogen) atoms. The second-order valence-electron chi connectivity index (χ2n) is 6.49. The Bertz CT molecular complexity index is 1010. The number of benzene rings is 2. The number of aromatic amines is 1. The predicted octanol–water partition coefficient (Wildman–Crippen LogP) is 3.34. The van der Waals surface area contributed by atoms with Crippen molar-refractivity contribution in [2.75, 3.05) is 7.11 Å². The van der Waals surface area contributed by atoms with E-state index >= 15 is 0 Å². The van der Waals surface area contributed by atoms with Crippen LogP contribution in [0.15, 0.2) is 53.6 Å². The Labute approximate surface area is 168 Å². The van der Waals surface area contributed by atoms with E-state index in [1.165, 1.54) is 19.4 Å². The molecule has 0 saturated heterocycles. The number of aromatic hydroxyl groups is 1. The first kappa shape index (κ1) is 19.9. The molecular formula is C21H22N4O4. The summed E-state index contributed by atoms with van der Waals surface area (Å²) in [5.74, 6) is 0.703. The number of rotatable bonds is 7. The summed E-state index contributed by atoms with van der Waals surface area (Å²) in [6.07, 6.45) is 1.55. The van der Waals surface area contributed by atoms with E-state index in [2.05, 4.69) is 20.7 Å². The molecule has 3 N–H and O–H groups in total. The van der Waals surface area contributed by atoms with Crippen molar-refractivity contribution in [1.29, 1.82) is 0 Å². The van der Waals surface area contributed by atoms with E-state index < -0.39 is 5.91 Å². The smallest absolute Gasteiger partial charge is 0.289 e. The second-order valence-corrected chi connectivity index (χ2v) is 6.49. The zero-order valence-corrected chi connectivity index (χ0v) is 16.3. The van der Waals surface area contributed by atoms with Gasteiger partial charge in [-0.15, -0.1) is 0 Å². The molecule has 0 spiro atoms. The van der Waals surface area contributed by atoms with E-state index in [9.17, 15) is 9.90 Å². The first-order valence-electron chi connectivity index (χ1n) is 8.99. The zero-order valence-electron chi connectivity index (χ0n) is 16.3. The van der Waals surface area contributed by atoms with E-state index in [1.807, 2.05) is 38.1 Å². The van der Waals surface area contributed by atoms with Crippen LogP contribution in [0, 0.1) is 0 Å². The number of hydrogen-bond acceptors (Lipinski definition) is 6. The maximum atomic E-state index is 12.3. The Kier molecular flexibility index (Phi) is 6.13. The topological polar surface area (TPSA) is 109 Å². The third-order valence-corrected chi connectivity index (χ3v) is 3.93. The summed E-state index contributed by atoms with van der Waals surface area (Å²) < 4.78 is 10.7. The van der Waals surface area contributed by atoms with Gasteiger partial charge in [0.25, 0.3) is 5.91 Å². The van der Waals surface area contributed by atoms with Crippen molar-refractivity contribution in [3.63, 3.8) is 0 Å². The Morgan fingerprint density at radius 2 is 1.97 bits per heavy atom. The van der Waals surface area contributed by atoms with Gasteiger partial charge in [0, 0.05) is 5.56 Å². The van der Waals surface area contributed by atoms with Crippen LogP contribution in [0.1, 0.15) is 29.9 Å². The number of methoxy groups -OCH3 is 1. The van der Waals surface area contributed by atoms with Gasteiger partial charge < -0.3 is 14.6 Å². The molecular weight excluding hydrogens is 372 g/mol. The molecule has 150 valence electrons. The average Bonchev–Trinajstić information content (AvgIpc) is 3.19. The summed E-state index contributed by atoms with van der Waals surface area (Å²) >= 11 is 0. The third-order valence-electron chi connectivity index (χ3n) is 3.93. The molecule has 0 radical (unpaired) electrons. The van der Waals surface area contributed by atoms with Crippen molar-refractivity contribution in [3.05, 3.63) is 59.8 Å². The van der Waals surface area contributed by atoms with Gasteiger partial charge in [0.2, 0.25) is 0 Å². The largest absolute Gasteiger partial charge is 0.504 e. The van der Waals surface area contributed by atoms with Crippen molar-refractivity contribution in [1.82, 2.24) is 15.6 Å². The number of H-pyrrole nitrogens is 1. The Morgan fingerprint density at radius 1 is 1.21 bits per heavy atom. The molecule has 0 atom stereocenters. The van der Waals surface area contributed by atoms with Gasteiger partial charge in [-0.2, -0.15) is 10.2 Å². The molecule has 0 unspecified atom stereocenters. The lowest BCUT2D eigenvalue weighted by Gasteiger charge is -2.09. The van der Waals surface area contributed by atoms with E-state index in [-0.39, 0.29) is 17.5 Å². The highest BCUT2D eigenvalue weighted by Crippen LogP contribution is 2.25. The number of amides is 1. The number of phenols is 1. The number of ether oxygens (including phenoxy) is 2. The number of carbonyl (C=O) groups excluding carboxylic acids is 1. The van der Waals surface area contributed by atoms with Crippen molar-refractivity contribution >= 4 is 12.1 Å². The van der Waals surface area contributed by atoms with Crippen molar-refractivity contribution in [2.45, 2.75) is 20.0 Å². The molecule has 8 heteroatoms. The van der Waals surface area contributed by atoms with Crippen molar-refractivity contribution < 1.29 is 19.4 Å². The Morgan fingerprint density at radius 3 is 2.66 bits per heavy atom. The van der Waals surface area contributed by atoms with Crippen LogP contribution in [0.2, 0.25) is 0 Å². The summed E-state index contributed by atoms with van der Waals surface area (Å²) in [5, 5.41) is 20.4. The number of nitrogens with one attached hydrogen (secondary N) is 2. The van der Waals surface area contributed by atoms with Gasteiger partial charge in [0.1, 0.15) is 11.4 Å². The van der Waals surface area contributed by atoms with E-state index in [4.69, 9.17) is 9.47 Å². The van der Waals surface area contributed by atoms with Crippen LogP contribution in [0.25, 0.3) is 11.3 Å². The summed E-state index contributed by atoms with van der Waals surface area (Å²) in [7, 11) is 1.46. The Balaban J connectivity index is 1.63. The first-order chi connectivity index (χ1) is 14.0. The van der Waals surface area contributed by atoms with E-state index in [1.54, 1.807) is 18.2 Å². The minimum absolute atomic E-state index is 0.0301. The number of nitrogens with zero attached hydrogens (tertiary/aromatic N) is 2. The van der Waals surface area contributed by atoms with Crippen LogP contribution in [0.4, 0.5) is 0 Å². The molecule has 0 aliphatic rings. The van der Waals surface area contributed by atoms with Crippen LogP contribution in [0.3, 0.4) is 0 Å². The lowest BCUT2D eigenvalue weighted by atomic mass is 10.1. The summed E-state index contributed by atoms with van der Waals surface area (Å²) in [4.78, 5) is 12.3. The fourth-order valence-corrected chi connectivity index (χ4v) is 2.56. The normalized spacial score (nSPS) is 11.0. The molecule has 3 aromatic rings. The number of hydrogen-bond donors (Lipinski definition) is 3. The van der Waals surface area contributed by atoms with E-state index in [0.717, 1.165) is 11.3 Å². The highest BCUT2D eigenvalue weighted by Gasteiger charge is 2.11. The molecule has 3 rings (SSSR count). The first-order valence-corrected chi connectivity index (χ1v) is 8.99. The van der Waals surface area contributed by atoms with Gasteiger partial charge in [-0.3, -0.25) is 9.89 Å². The SMILES string of the molecule is COc1cc(/C=N\NC(=O)c2cc(-c3ccc(OC(C)C)cc3)n[nH]2)ccc1O. The zero-order chi connectivity index (χ0) is 20.8. The van der Waals surface area contributed by atoms with Crippen LogP contribution in [-0.2, 0) is 0 Å². The van der Waals surface area contributed by atoms with Crippen LogP contribution >= 0.6 is 0 Å². The summed E-state index contributed by atoms with van der Waals surface area (Å²) in [6, 6.07) is 13.9. The number of aromatic nitrogens is 2. The molecule has 0 aliphatic heterocycles.